The van der Waals surface area contributed by atoms with Crippen LogP contribution in [0.25, 0.3) is 16.5 Å². The van der Waals surface area contributed by atoms with E-state index in [1.807, 2.05) is 0 Å². The van der Waals surface area contributed by atoms with Crippen molar-refractivity contribution in [3.8, 4) is 5.75 Å². The van der Waals surface area contributed by atoms with Gasteiger partial charge in [-0.05, 0) is 24.3 Å². The summed E-state index contributed by atoms with van der Waals surface area (Å²) in [6, 6.07) is 11.1. The molecule has 162 valence electrons. The third-order valence-corrected chi connectivity index (χ3v) is 5.03. The summed E-state index contributed by atoms with van der Waals surface area (Å²) >= 11 is 0. The SMILES string of the molecule is COC(=O)c1c(C(=O)OC)c2ccccn2c1C(=O)c1cc2cccc(OC)c2oc1=O. The zero-order valence-corrected chi connectivity index (χ0v) is 17.3. The first-order valence-electron chi connectivity index (χ1n) is 9.38. The number of pyridine rings is 1. The molecule has 0 fully saturated rings. The fourth-order valence-corrected chi connectivity index (χ4v) is 3.61. The Hall–Kier alpha value is -4.40. The van der Waals surface area contributed by atoms with Crippen LogP contribution in [-0.4, -0.2) is 43.5 Å². The van der Waals surface area contributed by atoms with Crippen molar-refractivity contribution in [3.63, 3.8) is 0 Å². The Morgan fingerprint density at radius 3 is 2.31 bits per heavy atom. The molecule has 1 aromatic carbocycles. The van der Waals surface area contributed by atoms with Crippen molar-refractivity contribution >= 4 is 34.2 Å². The number of para-hydroxylation sites is 1. The lowest BCUT2D eigenvalue weighted by molar-refractivity contribution is 0.0556. The molecule has 0 radical (unpaired) electrons. The molecule has 4 aromatic rings. The third-order valence-electron chi connectivity index (χ3n) is 5.03. The second-order valence-electron chi connectivity index (χ2n) is 6.69. The number of ether oxygens (including phenoxy) is 3. The van der Waals surface area contributed by atoms with Gasteiger partial charge in [0.25, 0.3) is 0 Å². The smallest absolute Gasteiger partial charge is 0.347 e. The molecule has 0 aliphatic carbocycles. The van der Waals surface area contributed by atoms with Crippen LogP contribution in [0.2, 0.25) is 0 Å². The van der Waals surface area contributed by atoms with Crippen LogP contribution in [0.3, 0.4) is 0 Å². The van der Waals surface area contributed by atoms with E-state index in [-0.39, 0.29) is 33.5 Å². The molecule has 9 heteroatoms. The molecule has 0 N–H and O–H groups in total. The second-order valence-corrected chi connectivity index (χ2v) is 6.69. The van der Waals surface area contributed by atoms with Crippen molar-refractivity contribution in [2.45, 2.75) is 0 Å². The molecule has 0 saturated heterocycles. The minimum Gasteiger partial charge on any atom is -0.493 e. The lowest BCUT2D eigenvalue weighted by Gasteiger charge is -2.07. The van der Waals surface area contributed by atoms with Gasteiger partial charge in [-0.25, -0.2) is 14.4 Å². The average Bonchev–Trinajstić information content (AvgIpc) is 3.17. The molecule has 0 saturated carbocycles. The highest BCUT2D eigenvalue weighted by Gasteiger charge is 2.34. The quantitative estimate of drug-likeness (QED) is 0.267. The lowest BCUT2D eigenvalue weighted by atomic mass is 10.0. The average molecular weight is 435 g/mol. The van der Waals surface area contributed by atoms with Crippen molar-refractivity contribution < 1.29 is 33.0 Å². The number of rotatable bonds is 5. The molecule has 0 aliphatic heterocycles. The number of hydrogen-bond acceptors (Lipinski definition) is 8. The minimum atomic E-state index is -0.927. The van der Waals surface area contributed by atoms with E-state index in [1.54, 1.807) is 36.4 Å². The molecule has 0 unspecified atom stereocenters. The summed E-state index contributed by atoms with van der Waals surface area (Å²) < 4.78 is 21.5. The molecule has 3 aromatic heterocycles. The molecule has 0 bridgehead atoms. The highest BCUT2D eigenvalue weighted by molar-refractivity contribution is 6.20. The molecule has 9 nitrogen and oxygen atoms in total. The van der Waals surface area contributed by atoms with Gasteiger partial charge in [-0.1, -0.05) is 18.2 Å². The summed E-state index contributed by atoms with van der Waals surface area (Å²) in [6.07, 6.45) is 1.49. The molecule has 0 spiro atoms. The molecular formula is C23H17NO8. The van der Waals surface area contributed by atoms with Crippen LogP contribution in [0.1, 0.15) is 36.8 Å². The van der Waals surface area contributed by atoms with E-state index >= 15 is 0 Å². The van der Waals surface area contributed by atoms with Gasteiger partial charge in [-0.2, -0.15) is 0 Å². The largest absolute Gasteiger partial charge is 0.493 e. The number of esters is 2. The van der Waals surface area contributed by atoms with Crippen molar-refractivity contribution in [2.24, 2.45) is 0 Å². The zero-order valence-electron chi connectivity index (χ0n) is 17.3. The van der Waals surface area contributed by atoms with Crippen molar-refractivity contribution in [1.82, 2.24) is 4.40 Å². The van der Waals surface area contributed by atoms with Gasteiger partial charge in [-0.3, -0.25) is 4.79 Å². The summed E-state index contributed by atoms with van der Waals surface area (Å²) in [6.45, 7) is 0. The van der Waals surface area contributed by atoms with E-state index in [1.165, 1.54) is 23.8 Å². The number of carbonyl (C=O) groups excluding carboxylic acids is 3. The van der Waals surface area contributed by atoms with Crippen molar-refractivity contribution in [3.05, 3.63) is 81.5 Å². The number of methoxy groups -OCH3 is 3. The van der Waals surface area contributed by atoms with Gasteiger partial charge in [0.2, 0.25) is 5.78 Å². The van der Waals surface area contributed by atoms with Gasteiger partial charge < -0.3 is 23.0 Å². The predicted octanol–water partition coefficient (Wildman–Crippen LogP) is 2.86. The van der Waals surface area contributed by atoms with Crippen LogP contribution in [0.4, 0.5) is 0 Å². The number of hydrogen-bond donors (Lipinski definition) is 0. The second kappa shape index (κ2) is 8.03. The topological polar surface area (TPSA) is 114 Å². The fourth-order valence-electron chi connectivity index (χ4n) is 3.61. The number of carbonyl (C=O) groups is 3. The number of aromatic nitrogens is 1. The highest BCUT2D eigenvalue weighted by atomic mass is 16.5. The Morgan fingerprint density at radius 1 is 0.906 bits per heavy atom. The van der Waals surface area contributed by atoms with Gasteiger partial charge in [0, 0.05) is 11.6 Å². The Morgan fingerprint density at radius 2 is 1.62 bits per heavy atom. The number of ketones is 1. The fraction of sp³-hybridized carbons (Fsp3) is 0.130. The first-order chi connectivity index (χ1) is 15.4. The predicted molar refractivity (Wildman–Crippen MR) is 113 cm³/mol. The van der Waals surface area contributed by atoms with Gasteiger partial charge in [0.05, 0.1) is 26.8 Å². The molecular weight excluding hydrogens is 418 g/mol. The van der Waals surface area contributed by atoms with E-state index in [2.05, 4.69) is 0 Å². The van der Waals surface area contributed by atoms with Crippen molar-refractivity contribution in [1.29, 1.82) is 0 Å². The maximum absolute atomic E-state index is 13.6. The van der Waals surface area contributed by atoms with Crippen LogP contribution < -0.4 is 10.4 Å². The normalized spacial score (nSPS) is 10.8. The van der Waals surface area contributed by atoms with E-state index in [0.29, 0.717) is 11.1 Å². The van der Waals surface area contributed by atoms with E-state index in [9.17, 15) is 19.2 Å². The number of fused-ring (bicyclic) bond motifs is 2. The van der Waals surface area contributed by atoms with Crippen LogP contribution >= 0.6 is 0 Å². The summed E-state index contributed by atoms with van der Waals surface area (Å²) in [5.74, 6) is -2.25. The van der Waals surface area contributed by atoms with Gasteiger partial charge >= 0.3 is 17.6 Å². The Bertz CT molecular complexity index is 1460. The molecule has 32 heavy (non-hydrogen) atoms. The van der Waals surface area contributed by atoms with Gasteiger partial charge in [-0.15, -0.1) is 0 Å². The molecule has 0 amide bonds. The van der Waals surface area contributed by atoms with Crippen LogP contribution in [0, 0.1) is 0 Å². The summed E-state index contributed by atoms with van der Waals surface area (Å²) in [5, 5.41) is 0.445. The van der Waals surface area contributed by atoms with Gasteiger partial charge in [0.1, 0.15) is 22.4 Å². The number of benzene rings is 1. The molecule has 0 atom stereocenters. The standard InChI is InChI=1S/C23H17NO8/c1-29-15-9-6-7-12-11-13(21(26)32-20(12)15)19(25)18-17(23(28)31-3)16(22(27)30-2)14-8-4-5-10-24(14)18/h4-11H,1-3H3. The summed E-state index contributed by atoms with van der Waals surface area (Å²) in [5.41, 5.74) is -1.49. The van der Waals surface area contributed by atoms with Crippen LogP contribution in [0.15, 0.2) is 57.9 Å². The molecule has 3 heterocycles. The highest BCUT2D eigenvalue weighted by Crippen LogP contribution is 2.29. The zero-order chi connectivity index (χ0) is 23.0. The monoisotopic (exact) mass is 435 g/mol. The maximum atomic E-state index is 13.6. The number of nitrogens with zero attached hydrogens (tertiary/aromatic N) is 1. The first kappa shape index (κ1) is 20.9. The first-order valence-corrected chi connectivity index (χ1v) is 9.38. The Labute approximate surface area is 180 Å². The Kier molecular flexibility index (Phi) is 5.23. The van der Waals surface area contributed by atoms with Crippen molar-refractivity contribution in [2.75, 3.05) is 21.3 Å². The summed E-state index contributed by atoms with van der Waals surface area (Å²) in [7, 11) is 3.71. The Balaban J connectivity index is 2.05. The third kappa shape index (κ3) is 3.11. The van der Waals surface area contributed by atoms with Crippen LogP contribution in [0.5, 0.6) is 5.75 Å². The molecule has 0 aliphatic rings. The minimum absolute atomic E-state index is 0.143. The molecule has 4 rings (SSSR count). The van der Waals surface area contributed by atoms with Gasteiger partial charge in [0.15, 0.2) is 11.3 Å². The maximum Gasteiger partial charge on any atom is 0.347 e. The summed E-state index contributed by atoms with van der Waals surface area (Å²) in [4.78, 5) is 51.5. The lowest BCUT2D eigenvalue weighted by Crippen LogP contribution is -2.20. The van der Waals surface area contributed by atoms with Crippen LogP contribution in [-0.2, 0) is 9.47 Å². The van der Waals surface area contributed by atoms with E-state index in [0.717, 1.165) is 14.2 Å². The van der Waals surface area contributed by atoms with E-state index < -0.39 is 23.3 Å². The van der Waals surface area contributed by atoms with E-state index in [4.69, 9.17) is 18.6 Å².